The fraction of sp³-hybridized carbons (Fsp3) is 0.300. The first-order chi connectivity index (χ1) is 7.79. The lowest BCUT2D eigenvalue weighted by Gasteiger charge is -2.08. The van der Waals surface area contributed by atoms with Crippen LogP contribution >= 0.6 is 0 Å². The minimum atomic E-state index is -4.43. The van der Waals surface area contributed by atoms with Gasteiger partial charge >= 0.3 is 6.18 Å². The quantitative estimate of drug-likeness (QED) is 0.904. The molecule has 1 amide bonds. The lowest BCUT2D eigenvalue weighted by Crippen LogP contribution is -2.33. The number of halogens is 3. The molecule has 0 bridgehead atoms. The molecular weight excluding hydrogens is 255 g/mol. The number of nitrogens with one attached hydrogen (secondary N) is 1. The molecule has 0 saturated carbocycles. The first-order valence-corrected chi connectivity index (χ1v) is 6.14. The molecule has 94 valence electrons. The molecule has 0 aliphatic rings. The Morgan fingerprint density at radius 3 is 2.24 bits per heavy atom. The second-order valence-corrected chi connectivity index (χ2v) is 4.66. The third-order valence-electron chi connectivity index (χ3n) is 1.90. The Kier molecular flexibility index (Phi) is 4.28. The Morgan fingerprint density at radius 2 is 1.82 bits per heavy atom. The van der Waals surface area contributed by atoms with Gasteiger partial charge in [0.15, 0.2) is 0 Å². The Labute approximate surface area is 98.5 Å². The van der Waals surface area contributed by atoms with E-state index in [1.807, 2.05) is 0 Å². The van der Waals surface area contributed by atoms with Gasteiger partial charge in [0.25, 0.3) is 5.91 Å². The molecule has 0 radical (unpaired) electrons. The number of amides is 1. The Morgan fingerprint density at radius 1 is 1.29 bits per heavy atom. The number of alkyl halides is 3. The summed E-state index contributed by atoms with van der Waals surface area (Å²) >= 11 is 0. The van der Waals surface area contributed by atoms with Gasteiger partial charge in [-0.25, -0.2) is 0 Å². The largest absolute Gasteiger partial charge is 0.405 e. The number of carbonyl (C=O) groups is 1. The monoisotopic (exact) mass is 265 g/mol. The molecular formula is C10H10F3NO2S. The van der Waals surface area contributed by atoms with Crippen molar-refractivity contribution >= 4 is 16.7 Å². The highest BCUT2D eigenvalue weighted by molar-refractivity contribution is 7.84. The summed E-state index contributed by atoms with van der Waals surface area (Å²) in [6, 6.07) is 5.56. The van der Waals surface area contributed by atoms with Gasteiger partial charge in [-0.15, -0.1) is 0 Å². The normalized spacial score (nSPS) is 13.2. The molecule has 0 aliphatic heterocycles. The Bertz CT molecular complexity index is 428. The Balaban J connectivity index is 2.67. The van der Waals surface area contributed by atoms with E-state index in [-0.39, 0.29) is 5.56 Å². The van der Waals surface area contributed by atoms with Crippen molar-refractivity contribution in [3.63, 3.8) is 0 Å². The van der Waals surface area contributed by atoms with E-state index < -0.39 is 29.4 Å². The van der Waals surface area contributed by atoms with Crippen LogP contribution in [0.2, 0.25) is 0 Å². The van der Waals surface area contributed by atoms with E-state index in [0.717, 1.165) is 0 Å². The van der Waals surface area contributed by atoms with Gasteiger partial charge in [-0.1, -0.05) is 0 Å². The lowest BCUT2D eigenvalue weighted by molar-refractivity contribution is -0.123. The number of benzene rings is 1. The molecule has 17 heavy (non-hydrogen) atoms. The van der Waals surface area contributed by atoms with Gasteiger partial charge in [0.1, 0.15) is 6.54 Å². The van der Waals surface area contributed by atoms with Crippen LogP contribution in [0, 0.1) is 0 Å². The second-order valence-electron chi connectivity index (χ2n) is 3.28. The minimum absolute atomic E-state index is 0.100. The van der Waals surface area contributed by atoms with Crippen LogP contribution in [0.1, 0.15) is 10.4 Å². The molecule has 0 spiro atoms. The van der Waals surface area contributed by atoms with Crippen molar-refractivity contribution in [2.45, 2.75) is 11.1 Å². The van der Waals surface area contributed by atoms with E-state index in [1.54, 1.807) is 5.32 Å². The maximum absolute atomic E-state index is 11.8. The van der Waals surface area contributed by atoms with Gasteiger partial charge in [-0.3, -0.25) is 9.00 Å². The first kappa shape index (κ1) is 13.7. The van der Waals surface area contributed by atoms with Crippen molar-refractivity contribution < 1.29 is 22.2 Å². The van der Waals surface area contributed by atoms with Gasteiger partial charge in [0.2, 0.25) is 0 Å². The molecule has 7 heteroatoms. The average Bonchev–Trinajstić information content (AvgIpc) is 2.25. The first-order valence-electron chi connectivity index (χ1n) is 4.58. The van der Waals surface area contributed by atoms with Gasteiger partial charge in [-0.05, 0) is 24.3 Å². The van der Waals surface area contributed by atoms with Crippen molar-refractivity contribution in [3.8, 4) is 0 Å². The Hall–Kier alpha value is -1.37. The summed E-state index contributed by atoms with van der Waals surface area (Å²) in [6.45, 7) is -1.37. The van der Waals surface area contributed by atoms with Crippen LogP contribution in [-0.2, 0) is 10.8 Å². The number of hydrogen-bond donors (Lipinski definition) is 1. The zero-order valence-electron chi connectivity index (χ0n) is 8.88. The summed E-state index contributed by atoms with van der Waals surface area (Å²) in [7, 11) is -1.18. The highest BCUT2D eigenvalue weighted by atomic mass is 32.2. The highest BCUT2D eigenvalue weighted by Crippen LogP contribution is 2.13. The van der Waals surface area contributed by atoms with Crippen molar-refractivity contribution in [1.82, 2.24) is 5.32 Å². The van der Waals surface area contributed by atoms with E-state index in [1.165, 1.54) is 30.5 Å². The zero-order valence-corrected chi connectivity index (χ0v) is 9.69. The van der Waals surface area contributed by atoms with Crippen LogP contribution < -0.4 is 5.32 Å². The molecule has 1 rings (SSSR count). The van der Waals surface area contributed by atoms with Gasteiger partial charge in [0.05, 0.1) is 0 Å². The summed E-state index contributed by atoms with van der Waals surface area (Å²) in [5.74, 6) is -0.809. The van der Waals surface area contributed by atoms with Crippen molar-refractivity contribution in [2.24, 2.45) is 0 Å². The van der Waals surface area contributed by atoms with Crippen LogP contribution in [0.15, 0.2) is 29.2 Å². The van der Waals surface area contributed by atoms with E-state index in [2.05, 4.69) is 0 Å². The van der Waals surface area contributed by atoms with E-state index in [0.29, 0.717) is 4.90 Å². The molecule has 1 atom stereocenters. The zero-order chi connectivity index (χ0) is 13.1. The molecule has 0 saturated heterocycles. The smallest absolute Gasteiger partial charge is 0.343 e. The van der Waals surface area contributed by atoms with Gasteiger partial charge in [-0.2, -0.15) is 13.2 Å². The highest BCUT2D eigenvalue weighted by Gasteiger charge is 2.27. The van der Waals surface area contributed by atoms with Crippen molar-refractivity contribution in [1.29, 1.82) is 0 Å². The summed E-state index contributed by atoms with van der Waals surface area (Å²) in [5, 5.41) is 1.75. The van der Waals surface area contributed by atoms with E-state index >= 15 is 0 Å². The maximum atomic E-state index is 11.8. The molecule has 1 aromatic rings. The molecule has 0 aromatic heterocycles. The van der Waals surface area contributed by atoms with Crippen LogP contribution in [0.4, 0.5) is 13.2 Å². The number of rotatable bonds is 3. The summed E-state index contributed by atoms with van der Waals surface area (Å²) < 4.78 is 46.6. The maximum Gasteiger partial charge on any atom is 0.405 e. The SMILES string of the molecule is CS(=O)c1ccc(C(=O)NCC(F)(F)F)cc1. The molecule has 1 unspecified atom stereocenters. The number of hydrogen-bond acceptors (Lipinski definition) is 2. The topological polar surface area (TPSA) is 46.2 Å². The minimum Gasteiger partial charge on any atom is -0.343 e. The molecule has 0 aliphatic carbocycles. The lowest BCUT2D eigenvalue weighted by atomic mass is 10.2. The molecule has 1 aromatic carbocycles. The van der Waals surface area contributed by atoms with Gasteiger partial charge in [0, 0.05) is 27.5 Å². The molecule has 0 fully saturated rings. The number of carbonyl (C=O) groups excluding carboxylic acids is 1. The van der Waals surface area contributed by atoms with Crippen LogP contribution in [0.3, 0.4) is 0 Å². The average molecular weight is 265 g/mol. The van der Waals surface area contributed by atoms with Crippen LogP contribution in [0.5, 0.6) is 0 Å². The van der Waals surface area contributed by atoms with Gasteiger partial charge < -0.3 is 5.32 Å². The van der Waals surface area contributed by atoms with Crippen molar-refractivity contribution in [3.05, 3.63) is 29.8 Å². The predicted molar refractivity (Wildman–Crippen MR) is 57.2 cm³/mol. The molecule has 3 nitrogen and oxygen atoms in total. The van der Waals surface area contributed by atoms with Crippen LogP contribution in [-0.4, -0.2) is 29.1 Å². The summed E-state index contributed by atoms with van der Waals surface area (Å²) in [4.78, 5) is 11.8. The van der Waals surface area contributed by atoms with Crippen molar-refractivity contribution in [2.75, 3.05) is 12.8 Å². The molecule has 0 heterocycles. The van der Waals surface area contributed by atoms with E-state index in [9.17, 15) is 22.2 Å². The summed E-state index contributed by atoms with van der Waals surface area (Å²) in [6.07, 6.45) is -2.96. The van der Waals surface area contributed by atoms with E-state index in [4.69, 9.17) is 0 Å². The fourth-order valence-electron chi connectivity index (χ4n) is 1.08. The summed E-state index contributed by atoms with van der Waals surface area (Å²) in [5.41, 5.74) is 0.100. The third kappa shape index (κ3) is 4.56. The third-order valence-corrected chi connectivity index (χ3v) is 2.83. The standard InChI is InChI=1S/C10H10F3NO2S/c1-17(16)8-4-2-7(3-5-8)9(15)14-6-10(11,12)13/h2-5H,6H2,1H3,(H,14,15). The fourth-order valence-corrected chi connectivity index (χ4v) is 1.60. The predicted octanol–water partition coefficient (Wildman–Crippen LogP) is 1.72. The molecule has 1 N–H and O–H groups in total. The van der Waals surface area contributed by atoms with Crippen LogP contribution in [0.25, 0.3) is 0 Å². The second kappa shape index (κ2) is 5.31.